The molecular formula is C27H23ClN4O3S2. The first-order chi connectivity index (χ1) is 18.1. The van der Waals surface area contributed by atoms with Gasteiger partial charge in [-0.3, -0.25) is 4.79 Å². The van der Waals surface area contributed by atoms with Crippen molar-refractivity contribution in [3.8, 4) is 27.6 Å². The van der Waals surface area contributed by atoms with Crippen LogP contribution in [0.15, 0.2) is 58.4 Å². The Kier molecular flexibility index (Phi) is 6.75. The molecule has 37 heavy (non-hydrogen) atoms. The summed E-state index contributed by atoms with van der Waals surface area (Å²) in [6.07, 6.45) is 8.26. The fraction of sp³-hybridized carbons (Fsp3) is 0.259. The molecule has 1 aromatic carbocycles. The van der Waals surface area contributed by atoms with Crippen molar-refractivity contribution in [2.24, 2.45) is 0 Å². The average Bonchev–Trinajstić information content (AvgIpc) is 3.66. The smallest absolute Gasteiger partial charge is 0.316 e. The average molecular weight is 551 g/mol. The topological polar surface area (TPSA) is 83.0 Å². The molecule has 0 saturated carbocycles. The molecule has 0 saturated heterocycles. The second-order valence-corrected chi connectivity index (χ2v) is 11.0. The van der Waals surface area contributed by atoms with Gasteiger partial charge in [-0.15, -0.1) is 21.5 Å². The van der Waals surface area contributed by atoms with Crippen LogP contribution in [0.3, 0.4) is 0 Å². The molecule has 1 aliphatic rings. The van der Waals surface area contributed by atoms with Crippen molar-refractivity contribution in [3.63, 3.8) is 0 Å². The van der Waals surface area contributed by atoms with Gasteiger partial charge in [0.2, 0.25) is 0 Å². The molecule has 4 aromatic heterocycles. The van der Waals surface area contributed by atoms with Crippen LogP contribution in [0.5, 0.6) is 0 Å². The number of aryl methyl sites for hydroxylation is 1. The highest BCUT2D eigenvalue weighted by molar-refractivity contribution is 7.99. The van der Waals surface area contributed by atoms with Crippen LogP contribution in [0.25, 0.3) is 37.8 Å². The summed E-state index contributed by atoms with van der Waals surface area (Å²) in [5.74, 6) is 0.198. The Bertz CT molecular complexity index is 1580. The van der Waals surface area contributed by atoms with Gasteiger partial charge in [0.05, 0.1) is 12.3 Å². The lowest BCUT2D eigenvalue weighted by atomic mass is 9.87. The van der Waals surface area contributed by atoms with E-state index in [0.717, 1.165) is 57.7 Å². The highest BCUT2D eigenvalue weighted by Gasteiger charge is 2.28. The minimum absolute atomic E-state index is 0.112. The molecule has 1 aliphatic carbocycles. The number of hydrogen-bond donors (Lipinski definition) is 0. The van der Waals surface area contributed by atoms with Crippen LogP contribution in [0.2, 0.25) is 5.02 Å². The van der Waals surface area contributed by atoms with E-state index >= 15 is 0 Å². The van der Waals surface area contributed by atoms with E-state index in [1.165, 1.54) is 22.9 Å². The van der Waals surface area contributed by atoms with Gasteiger partial charge in [0, 0.05) is 28.5 Å². The number of pyridine rings is 1. The Morgan fingerprint density at radius 3 is 2.73 bits per heavy atom. The fourth-order valence-electron chi connectivity index (χ4n) is 4.76. The number of carbonyl (C=O) groups is 1. The van der Waals surface area contributed by atoms with Gasteiger partial charge < -0.3 is 13.7 Å². The van der Waals surface area contributed by atoms with E-state index in [1.807, 2.05) is 36.7 Å². The Balaban J connectivity index is 1.55. The summed E-state index contributed by atoms with van der Waals surface area (Å²) in [4.78, 5) is 18.7. The van der Waals surface area contributed by atoms with Gasteiger partial charge in [-0.2, -0.15) is 0 Å². The van der Waals surface area contributed by atoms with E-state index < -0.39 is 0 Å². The number of aromatic nitrogens is 4. The van der Waals surface area contributed by atoms with Crippen LogP contribution < -0.4 is 0 Å². The molecule has 0 bridgehead atoms. The number of nitrogens with zero attached hydrogens (tertiary/aromatic N) is 4. The number of thioether (sulfide) groups is 1. The second kappa shape index (κ2) is 10.3. The lowest BCUT2D eigenvalue weighted by molar-refractivity contribution is -0.139. The van der Waals surface area contributed by atoms with Crippen LogP contribution in [0.1, 0.15) is 31.0 Å². The first kappa shape index (κ1) is 24.2. The summed E-state index contributed by atoms with van der Waals surface area (Å²) in [5.41, 5.74) is 5.73. The van der Waals surface area contributed by atoms with Gasteiger partial charge in [0.15, 0.2) is 0 Å². The predicted octanol–water partition coefficient (Wildman–Crippen LogP) is 6.99. The van der Waals surface area contributed by atoms with Crippen molar-refractivity contribution in [3.05, 3.63) is 65.1 Å². The quantitative estimate of drug-likeness (QED) is 0.159. The van der Waals surface area contributed by atoms with Crippen LogP contribution in [-0.4, -0.2) is 38.1 Å². The standard InChI is InChI=1S/C27H23ClN4O3S2/c1-2-34-20(33)15-36-27-31-30-25(35-27)24-23(32-13-5-6-14-32)22-21(16-9-11-17(28)12-10-16)18-7-3-4-8-19(18)29-26(22)37-24/h5-6,9-14H,2-4,7-8,15H2,1H3. The van der Waals surface area contributed by atoms with E-state index in [2.05, 4.69) is 26.9 Å². The SMILES string of the molecule is CCOC(=O)CSc1nnc(-c2sc3nc4c(c(-c5ccc(Cl)cc5)c3c2-n2cccc2)CCCC4)o1. The summed E-state index contributed by atoms with van der Waals surface area (Å²) < 4.78 is 13.1. The Labute approximate surface area is 226 Å². The number of benzene rings is 1. The van der Waals surface area contributed by atoms with E-state index in [4.69, 9.17) is 25.7 Å². The summed E-state index contributed by atoms with van der Waals surface area (Å²) in [6.45, 7) is 2.12. The summed E-state index contributed by atoms with van der Waals surface area (Å²) >= 11 is 8.97. The molecule has 0 unspecified atom stereocenters. The van der Waals surface area contributed by atoms with Crippen molar-refractivity contribution in [2.75, 3.05) is 12.4 Å². The number of esters is 1. The maximum atomic E-state index is 11.8. The third-order valence-electron chi connectivity index (χ3n) is 6.31. The van der Waals surface area contributed by atoms with Gasteiger partial charge in [0.25, 0.3) is 11.1 Å². The molecule has 5 aromatic rings. The highest BCUT2D eigenvalue weighted by atomic mass is 35.5. The molecule has 0 fully saturated rings. The minimum atomic E-state index is -0.315. The van der Waals surface area contributed by atoms with Crippen molar-refractivity contribution >= 4 is 50.9 Å². The molecule has 0 N–H and O–H groups in total. The Hall–Kier alpha value is -3.14. The Morgan fingerprint density at radius 1 is 1.16 bits per heavy atom. The van der Waals surface area contributed by atoms with Crippen molar-refractivity contribution in [1.29, 1.82) is 0 Å². The summed E-state index contributed by atoms with van der Waals surface area (Å²) in [7, 11) is 0. The molecule has 10 heteroatoms. The predicted molar refractivity (Wildman–Crippen MR) is 147 cm³/mol. The molecule has 0 atom stereocenters. The molecule has 6 rings (SSSR count). The summed E-state index contributed by atoms with van der Waals surface area (Å²) in [5, 5.41) is 10.6. The lowest BCUT2D eigenvalue weighted by Gasteiger charge is -2.20. The maximum absolute atomic E-state index is 11.8. The van der Waals surface area contributed by atoms with Crippen molar-refractivity contribution < 1.29 is 13.9 Å². The van der Waals surface area contributed by atoms with Crippen molar-refractivity contribution in [2.45, 2.75) is 37.8 Å². The monoisotopic (exact) mass is 550 g/mol. The van der Waals surface area contributed by atoms with Crippen LogP contribution >= 0.6 is 34.7 Å². The number of fused-ring (bicyclic) bond motifs is 2. The number of rotatable bonds is 7. The molecule has 0 amide bonds. The zero-order valence-corrected chi connectivity index (χ0v) is 22.5. The fourth-order valence-corrected chi connectivity index (χ4v) is 6.57. The van der Waals surface area contributed by atoms with E-state index in [1.54, 1.807) is 18.3 Å². The van der Waals surface area contributed by atoms with Crippen LogP contribution in [0.4, 0.5) is 0 Å². The molecule has 188 valence electrons. The van der Waals surface area contributed by atoms with E-state index in [9.17, 15) is 4.79 Å². The van der Waals surface area contributed by atoms with Gasteiger partial charge in [-0.25, -0.2) is 4.98 Å². The van der Waals surface area contributed by atoms with E-state index in [0.29, 0.717) is 22.7 Å². The van der Waals surface area contributed by atoms with Gasteiger partial charge in [0.1, 0.15) is 15.5 Å². The number of carbonyl (C=O) groups excluding carboxylic acids is 1. The van der Waals surface area contributed by atoms with E-state index in [-0.39, 0.29) is 11.7 Å². The normalized spacial score (nSPS) is 13.1. The number of ether oxygens (including phenoxy) is 1. The Morgan fingerprint density at radius 2 is 1.95 bits per heavy atom. The molecule has 0 aliphatic heterocycles. The molecule has 4 heterocycles. The molecule has 0 spiro atoms. The zero-order valence-electron chi connectivity index (χ0n) is 20.1. The number of halogens is 1. The first-order valence-corrected chi connectivity index (χ1v) is 14.3. The minimum Gasteiger partial charge on any atom is -0.465 e. The van der Waals surface area contributed by atoms with Gasteiger partial charge in [-0.05, 0) is 73.6 Å². The van der Waals surface area contributed by atoms with Gasteiger partial charge in [-0.1, -0.05) is 35.5 Å². The van der Waals surface area contributed by atoms with Crippen LogP contribution in [-0.2, 0) is 22.4 Å². The third kappa shape index (κ3) is 4.67. The molecular weight excluding hydrogens is 528 g/mol. The summed E-state index contributed by atoms with van der Waals surface area (Å²) in [6, 6.07) is 12.0. The zero-order chi connectivity index (χ0) is 25.4. The van der Waals surface area contributed by atoms with Crippen LogP contribution in [0, 0.1) is 0 Å². The number of thiophene rings is 1. The maximum Gasteiger partial charge on any atom is 0.316 e. The second-order valence-electron chi connectivity index (χ2n) is 8.64. The first-order valence-electron chi connectivity index (χ1n) is 12.1. The molecule has 7 nitrogen and oxygen atoms in total. The molecule has 0 radical (unpaired) electrons. The lowest BCUT2D eigenvalue weighted by Crippen LogP contribution is -2.08. The number of hydrogen-bond acceptors (Lipinski definition) is 8. The third-order valence-corrected chi connectivity index (χ3v) is 8.41. The van der Waals surface area contributed by atoms with Crippen molar-refractivity contribution in [1.82, 2.24) is 19.7 Å². The highest BCUT2D eigenvalue weighted by Crippen LogP contribution is 2.47. The van der Waals surface area contributed by atoms with Gasteiger partial charge >= 0.3 is 5.97 Å². The largest absolute Gasteiger partial charge is 0.465 e.